The smallest absolute Gasteiger partial charge is 0.406 e. The van der Waals surface area contributed by atoms with Crippen LogP contribution in [0.1, 0.15) is 44.9 Å². The molecule has 132 valence electrons. The predicted molar refractivity (Wildman–Crippen MR) is 94.6 cm³/mol. The summed E-state index contributed by atoms with van der Waals surface area (Å²) in [4.78, 5) is 34.0. The summed E-state index contributed by atoms with van der Waals surface area (Å²) in [6.07, 6.45) is 5.15. The molecule has 6 nitrogen and oxygen atoms in total. The number of alkyl carbamates (subject to hydrolysis) is 1. The Bertz CT molecular complexity index is 388. The third-order valence-corrected chi connectivity index (χ3v) is 6.43. The van der Waals surface area contributed by atoms with Gasteiger partial charge in [-0.1, -0.05) is 28.0 Å². The lowest BCUT2D eigenvalue weighted by molar-refractivity contribution is -0.125. The minimum atomic E-state index is -0.500. The zero-order chi connectivity index (χ0) is 16.9. The van der Waals surface area contributed by atoms with Crippen LogP contribution >= 0.6 is 21.6 Å². The maximum Gasteiger partial charge on any atom is 0.406 e. The van der Waals surface area contributed by atoms with Crippen molar-refractivity contribution in [1.29, 1.82) is 0 Å². The number of ether oxygens (including phenoxy) is 1. The van der Waals surface area contributed by atoms with Gasteiger partial charge < -0.3 is 15.4 Å². The number of carbonyl (C=O) groups is 3. The second-order valence-electron chi connectivity index (χ2n) is 5.38. The van der Waals surface area contributed by atoms with E-state index in [9.17, 15) is 14.4 Å². The van der Waals surface area contributed by atoms with E-state index in [1.54, 1.807) is 0 Å². The summed E-state index contributed by atoms with van der Waals surface area (Å²) in [5.41, 5.74) is 0. The van der Waals surface area contributed by atoms with Crippen molar-refractivity contribution in [3.05, 3.63) is 0 Å². The van der Waals surface area contributed by atoms with Crippen molar-refractivity contribution in [2.75, 3.05) is 26.0 Å². The van der Waals surface area contributed by atoms with Crippen LogP contribution in [-0.2, 0) is 14.3 Å². The van der Waals surface area contributed by atoms with Gasteiger partial charge in [-0.05, 0) is 25.7 Å². The van der Waals surface area contributed by atoms with Crippen LogP contribution in [0.3, 0.4) is 0 Å². The molecule has 0 aromatic carbocycles. The molecule has 1 aliphatic rings. The summed E-state index contributed by atoms with van der Waals surface area (Å²) in [5, 5.41) is 5.74. The summed E-state index contributed by atoms with van der Waals surface area (Å²) >= 11 is 0. The molecule has 1 aliphatic heterocycles. The van der Waals surface area contributed by atoms with Crippen molar-refractivity contribution in [3.63, 3.8) is 0 Å². The number of amides is 2. The van der Waals surface area contributed by atoms with Crippen LogP contribution in [0, 0.1) is 0 Å². The number of Topliss-reactive ketones (excluding diaryl/α,β-unsaturated/α-hetero) is 1. The molecule has 0 aromatic heterocycles. The summed E-state index contributed by atoms with van der Waals surface area (Å²) in [7, 11) is 5.38. The van der Waals surface area contributed by atoms with Crippen molar-refractivity contribution in [2.24, 2.45) is 0 Å². The molecule has 2 amide bonds. The Hall–Kier alpha value is -0.890. The molecular weight excluding hydrogens is 336 g/mol. The van der Waals surface area contributed by atoms with Crippen LogP contribution in [0.15, 0.2) is 0 Å². The fraction of sp³-hybridized carbons (Fsp3) is 0.800. The molecule has 1 heterocycles. The number of hydrogen-bond acceptors (Lipinski definition) is 6. The second-order valence-corrected chi connectivity index (χ2v) is 8.17. The molecule has 2 N–H and O–H groups in total. The summed E-state index contributed by atoms with van der Waals surface area (Å²) in [6.45, 7) is 0.269. The Balaban J connectivity index is 1.93. The zero-order valence-corrected chi connectivity index (χ0v) is 15.2. The molecular formula is C15H26N2O4S2. The highest BCUT2D eigenvalue weighted by Gasteiger charge is 2.15. The van der Waals surface area contributed by atoms with Crippen molar-refractivity contribution in [3.8, 4) is 0 Å². The molecule has 0 bridgehead atoms. The van der Waals surface area contributed by atoms with Gasteiger partial charge in [-0.3, -0.25) is 9.59 Å². The maximum atomic E-state index is 11.7. The van der Waals surface area contributed by atoms with E-state index >= 15 is 0 Å². The van der Waals surface area contributed by atoms with E-state index in [1.165, 1.54) is 25.6 Å². The molecule has 0 aliphatic carbocycles. The van der Waals surface area contributed by atoms with E-state index in [2.05, 4.69) is 10.6 Å². The third kappa shape index (κ3) is 10.5. The van der Waals surface area contributed by atoms with Gasteiger partial charge in [-0.2, -0.15) is 0 Å². The van der Waals surface area contributed by atoms with Crippen molar-refractivity contribution in [1.82, 2.24) is 10.6 Å². The quantitative estimate of drug-likeness (QED) is 0.434. The Morgan fingerprint density at radius 1 is 1.17 bits per heavy atom. The first-order chi connectivity index (χ1) is 11.1. The van der Waals surface area contributed by atoms with E-state index in [4.69, 9.17) is 4.74 Å². The maximum absolute atomic E-state index is 11.7. The van der Waals surface area contributed by atoms with Gasteiger partial charge in [0.05, 0.1) is 13.2 Å². The van der Waals surface area contributed by atoms with Crippen LogP contribution in [-0.4, -0.2) is 49.0 Å². The van der Waals surface area contributed by atoms with Gasteiger partial charge in [0, 0.05) is 30.9 Å². The molecule has 0 saturated carbocycles. The predicted octanol–water partition coefficient (Wildman–Crippen LogP) is 2.52. The Labute approximate surface area is 145 Å². The minimum Gasteiger partial charge on any atom is -0.450 e. The highest BCUT2D eigenvalue weighted by atomic mass is 33.1. The highest BCUT2D eigenvalue weighted by molar-refractivity contribution is 8.77. The molecule has 0 spiro atoms. The van der Waals surface area contributed by atoms with Crippen molar-refractivity contribution in [2.45, 2.75) is 50.2 Å². The summed E-state index contributed by atoms with van der Waals surface area (Å²) in [6, 6.07) is 0. The SMILES string of the molecule is CNC(=O)OCCCC(=O)CNC(=O)CCCCC1CCSS1. The van der Waals surface area contributed by atoms with Gasteiger partial charge in [0.1, 0.15) is 0 Å². The molecule has 0 aromatic rings. The van der Waals surface area contributed by atoms with E-state index in [-0.39, 0.29) is 24.8 Å². The molecule has 1 saturated heterocycles. The molecule has 1 fully saturated rings. The number of hydrogen-bond donors (Lipinski definition) is 2. The number of nitrogens with one attached hydrogen (secondary N) is 2. The first-order valence-corrected chi connectivity index (χ1v) is 10.4. The van der Waals surface area contributed by atoms with Gasteiger partial charge in [-0.15, -0.1) is 0 Å². The third-order valence-electron chi connectivity index (χ3n) is 3.43. The number of carbonyl (C=O) groups excluding carboxylic acids is 3. The van der Waals surface area contributed by atoms with Crippen LogP contribution < -0.4 is 10.6 Å². The molecule has 23 heavy (non-hydrogen) atoms. The van der Waals surface area contributed by atoms with Crippen LogP contribution in [0.4, 0.5) is 4.79 Å². The van der Waals surface area contributed by atoms with Crippen molar-refractivity contribution < 1.29 is 19.1 Å². The van der Waals surface area contributed by atoms with E-state index in [0.29, 0.717) is 19.3 Å². The average molecular weight is 363 g/mol. The minimum absolute atomic E-state index is 0.0433. The molecule has 1 unspecified atom stereocenters. The largest absolute Gasteiger partial charge is 0.450 e. The van der Waals surface area contributed by atoms with Crippen LogP contribution in [0.2, 0.25) is 0 Å². The van der Waals surface area contributed by atoms with Crippen LogP contribution in [0.25, 0.3) is 0 Å². The fourth-order valence-corrected chi connectivity index (χ4v) is 5.13. The number of rotatable bonds is 11. The number of unbranched alkanes of at least 4 members (excludes halogenated alkanes) is 1. The van der Waals surface area contributed by atoms with Gasteiger partial charge in [-0.25, -0.2) is 4.79 Å². The van der Waals surface area contributed by atoms with Crippen molar-refractivity contribution >= 4 is 39.4 Å². The monoisotopic (exact) mass is 362 g/mol. The summed E-state index contributed by atoms with van der Waals surface area (Å²) in [5.74, 6) is 1.14. The average Bonchev–Trinajstić information content (AvgIpc) is 3.06. The van der Waals surface area contributed by atoms with Gasteiger partial charge in [0.2, 0.25) is 5.91 Å². The van der Waals surface area contributed by atoms with Gasteiger partial charge in [0.25, 0.3) is 0 Å². The van der Waals surface area contributed by atoms with Gasteiger partial charge in [0.15, 0.2) is 5.78 Å². The Kier molecular flexibility index (Phi) is 11.0. The lowest BCUT2D eigenvalue weighted by Crippen LogP contribution is -2.29. The first kappa shape index (κ1) is 20.2. The fourth-order valence-electron chi connectivity index (χ4n) is 2.10. The molecule has 8 heteroatoms. The lowest BCUT2D eigenvalue weighted by Gasteiger charge is -2.07. The Morgan fingerprint density at radius 2 is 2.00 bits per heavy atom. The normalized spacial score (nSPS) is 16.8. The first-order valence-electron chi connectivity index (χ1n) is 8.03. The van der Waals surface area contributed by atoms with E-state index in [1.807, 2.05) is 21.6 Å². The van der Waals surface area contributed by atoms with Crippen LogP contribution in [0.5, 0.6) is 0 Å². The standard InChI is InChI=1S/C15H26N2O4S2/c1-16-15(20)21-9-4-5-12(18)11-17-14(19)7-3-2-6-13-8-10-22-23-13/h13H,2-11H2,1H3,(H,16,20)(H,17,19). The lowest BCUT2D eigenvalue weighted by atomic mass is 10.1. The summed E-state index contributed by atoms with van der Waals surface area (Å²) < 4.78 is 4.78. The topological polar surface area (TPSA) is 84.5 Å². The van der Waals surface area contributed by atoms with Gasteiger partial charge >= 0.3 is 6.09 Å². The second kappa shape index (κ2) is 12.5. The zero-order valence-electron chi connectivity index (χ0n) is 13.6. The van der Waals surface area contributed by atoms with E-state index < -0.39 is 6.09 Å². The molecule has 1 rings (SSSR count). The number of ketones is 1. The molecule has 0 radical (unpaired) electrons. The highest BCUT2D eigenvalue weighted by Crippen LogP contribution is 2.39. The van der Waals surface area contributed by atoms with E-state index in [0.717, 1.165) is 18.1 Å². The molecule has 1 atom stereocenters. The Morgan fingerprint density at radius 3 is 2.70 bits per heavy atom.